The van der Waals surface area contributed by atoms with Gasteiger partial charge in [-0.25, -0.2) is 0 Å². The molecule has 0 saturated carbocycles. The summed E-state index contributed by atoms with van der Waals surface area (Å²) in [5.74, 6) is 0.582. The number of piperidine rings is 1. The summed E-state index contributed by atoms with van der Waals surface area (Å²) >= 11 is 0. The lowest BCUT2D eigenvalue weighted by atomic mass is 9.94. The lowest BCUT2D eigenvalue weighted by Gasteiger charge is -2.30. The largest absolute Gasteiger partial charge is 0.351 e. The Morgan fingerprint density at radius 1 is 1.45 bits per heavy atom. The Bertz CT molecular complexity index is 607. The fourth-order valence-electron chi connectivity index (χ4n) is 2.75. The van der Waals surface area contributed by atoms with Crippen molar-refractivity contribution in [3.05, 3.63) is 30.0 Å². The number of amides is 1. The predicted octanol–water partition coefficient (Wildman–Crippen LogP) is 1.22. The van der Waals surface area contributed by atoms with E-state index in [-0.39, 0.29) is 11.9 Å². The summed E-state index contributed by atoms with van der Waals surface area (Å²) in [6.45, 7) is 4.09. The van der Waals surface area contributed by atoms with Gasteiger partial charge in [-0.15, -0.1) is 0 Å². The standard InChI is InChI=1S/C15H20N4O/c1-10-6-7-16-9-14(10)17-15(20)8-13-11-4-2-3-5-12(11)18-19-13/h2-5,10,14,16H,6-9H2,1H3,(H,17,20)(H,18,19). The van der Waals surface area contributed by atoms with Crippen molar-refractivity contribution in [1.29, 1.82) is 0 Å². The molecule has 0 radical (unpaired) electrons. The summed E-state index contributed by atoms with van der Waals surface area (Å²) < 4.78 is 0. The van der Waals surface area contributed by atoms with Crippen LogP contribution in [0, 0.1) is 5.92 Å². The van der Waals surface area contributed by atoms with Crippen LogP contribution in [0.25, 0.3) is 10.9 Å². The van der Waals surface area contributed by atoms with E-state index in [1.165, 1.54) is 0 Å². The van der Waals surface area contributed by atoms with Gasteiger partial charge in [-0.1, -0.05) is 25.1 Å². The van der Waals surface area contributed by atoms with Gasteiger partial charge < -0.3 is 10.6 Å². The Morgan fingerprint density at radius 2 is 2.30 bits per heavy atom. The fraction of sp³-hybridized carbons (Fsp3) is 0.467. The highest BCUT2D eigenvalue weighted by atomic mass is 16.1. The van der Waals surface area contributed by atoms with Gasteiger partial charge in [-0.2, -0.15) is 5.10 Å². The molecule has 0 aliphatic carbocycles. The van der Waals surface area contributed by atoms with Gasteiger partial charge in [0.25, 0.3) is 0 Å². The number of carbonyl (C=O) groups excluding carboxylic acids is 1. The zero-order valence-corrected chi connectivity index (χ0v) is 11.6. The van der Waals surface area contributed by atoms with Crippen LogP contribution in [0.4, 0.5) is 0 Å². The molecule has 1 aliphatic rings. The van der Waals surface area contributed by atoms with Crippen LogP contribution in [0.3, 0.4) is 0 Å². The van der Waals surface area contributed by atoms with Crippen LogP contribution in [-0.4, -0.2) is 35.2 Å². The van der Waals surface area contributed by atoms with Crippen molar-refractivity contribution in [3.63, 3.8) is 0 Å². The maximum Gasteiger partial charge on any atom is 0.226 e. The van der Waals surface area contributed by atoms with Gasteiger partial charge in [0, 0.05) is 18.0 Å². The van der Waals surface area contributed by atoms with Crippen molar-refractivity contribution in [2.75, 3.05) is 13.1 Å². The van der Waals surface area contributed by atoms with E-state index in [0.29, 0.717) is 12.3 Å². The van der Waals surface area contributed by atoms with Crippen LogP contribution in [0.5, 0.6) is 0 Å². The summed E-state index contributed by atoms with van der Waals surface area (Å²) in [6.07, 6.45) is 1.46. The van der Waals surface area contributed by atoms with Gasteiger partial charge in [-0.3, -0.25) is 9.89 Å². The minimum atomic E-state index is 0.0555. The molecular formula is C15H20N4O. The van der Waals surface area contributed by atoms with Gasteiger partial charge in [0.1, 0.15) is 0 Å². The number of hydrogen-bond acceptors (Lipinski definition) is 3. The number of benzene rings is 1. The first-order valence-electron chi connectivity index (χ1n) is 7.16. The number of para-hydroxylation sites is 1. The highest BCUT2D eigenvalue weighted by Crippen LogP contribution is 2.16. The number of aromatic nitrogens is 2. The van der Waals surface area contributed by atoms with E-state index in [9.17, 15) is 4.79 Å². The van der Waals surface area contributed by atoms with Crippen molar-refractivity contribution in [2.45, 2.75) is 25.8 Å². The number of nitrogens with one attached hydrogen (secondary N) is 3. The minimum Gasteiger partial charge on any atom is -0.351 e. The van der Waals surface area contributed by atoms with Crippen LogP contribution in [0.2, 0.25) is 0 Å². The van der Waals surface area contributed by atoms with Crippen LogP contribution < -0.4 is 10.6 Å². The molecule has 2 unspecified atom stereocenters. The van der Waals surface area contributed by atoms with Gasteiger partial charge in [-0.05, 0) is 24.9 Å². The number of carbonyl (C=O) groups is 1. The van der Waals surface area contributed by atoms with Gasteiger partial charge in [0.15, 0.2) is 0 Å². The molecule has 3 rings (SSSR count). The molecular weight excluding hydrogens is 252 g/mol. The van der Waals surface area contributed by atoms with E-state index >= 15 is 0 Å². The Hall–Kier alpha value is -1.88. The van der Waals surface area contributed by atoms with E-state index in [4.69, 9.17) is 0 Å². The lowest BCUT2D eigenvalue weighted by molar-refractivity contribution is -0.121. The number of fused-ring (bicyclic) bond motifs is 1. The molecule has 1 saturated heterocycles. The zero-order valence-electron chi connectivity index (χ0n) is 11.6. The summed E-state index contributed by atoms with van der Waals surface area (Å²) in [6, 6.07) is 8.08. The molecule has 3 N–H and O–H groups in total. The first-order chi connectivity index (χ1) is 9.74. The first kappa shape index (κ1) is 13.1. The molecule has 2 heterocycles. The Balaban J connectivity index is 1.66. The summed E-state index contributed by atoms with van der Waals surface area (Å²) in [4.78, 5) is 12.2. The smallest absolute Gasteiger partial charge is 0.226 e. The molecule has 1 aromatic carbocycles. The Labute approximate surface area is 118 Å². The molecule has 5 heteroatoms. The summed E-state index contributed by atoms with van der Waals surface area (Å²) in [5.41, 5.74) is 1.79. The second-order valence-electron chi connectivity index (χ2n) is 5.54. The summed E-state index contributed by atoms with van der Waals surface area (Å²) in [5, 5.41) is 14.7. The van der Waals surface area contributed by atoms with E-state index in [1.807, 2.05) is 24.3 Å². The molecule has 1 aromatic heterocycles. The molecule has 1 fully saturated rings. The topological polar surface area (TPSA) is 69.8 Å². The third-order valence-corrected chi connectivity index (χ3v) is 4.05. The minimum absolute atomic E-state index is 0.0555. The van der Waals surface area contributed by atoms with Gasteiger partial charge in [0.2, 0.25) is 5.91 Å². The van der Waals surface area contributed by atoms with E-state index in [0.717, 1.165) is 36.1 Å². The second kappa shape index (κ2) is 5.63. The van der Waals surface area contributed by atoms with Crippen LogP contribution in [-0.2, 0) is 11.2 Å². The maximum absolute atomic E-state index is 12.2. The monoisotopic (exact) mass is 272 g/mol. The summed E-state index contributed by atoms with van der Waals surface area (Å²) in [7, 11) is 0. The molecule has 20 heavy (non-hydrogen) atoms. The zero-order chi connectivity index (χ0) is 13.9. The van der Waals surface area contributed by atoms with E-state index < -0.39 is 0 Å². The maximum atomic E-state index is 12.2. The SMILES string of the molecule is CC1CCNCC1NC(=O)Cc1[nH]nc2ccccc12. The molecule has 1 amide bonds. The second-order valence-corrected chi connectivity index (χ2v) is 5.54. The highest BCUT2D eigenvalue weighted by molar-refractivity contribution is 5.87. The molecule has 5 nitrogen and oxygen atoms in total. The third-order valence-electron chi connectivity index (χ3n) is 4.05. The fourth-order valence-corrected chi connectivity index (χ4v) is 2.75. The van der Waals surface area contributed by atoms with E-state index in [1.54, 1.807) is 0 Å². The molecule has 0 spiro atoms. The molecule has 106 valence electrons. The average Bonchev–Trinajstić information content (AvgIpc) is 2.85. The number of nitrogens with zero attached hydrogens (tertiary/aromatic N) is 1. The first-order valence-corrected chi connectivity index (χ1v) is 7.16. The highest BCUT2D eigenvalue weighted by Gasteiger charge is 2.22. The van der Waals surface area contributed by atoms with Crippen molar-refractivity contribution < 1.29 is 4.79 Å². The van der Waals surface area contributed by atoms with Gasteiger partial charge >= 0.3 is 0 Å². The van der Waals surface area contributed by atoms with E-state index in [2.05, 4.69) is 27.8 Å². The molecule has 2 aromatic rings. The van der Waals surface area contributed by atoms with Crippen molar-refractivity contribution in [1.82, 2.24) is 20.8 Å². The van der Waals surface area contributed by atoms with Gasteiger partial charge in [0.05, 0.1) is 17.6 Å². The Morgan fingerprint density at radius 3 is 3.15 bits per heavy atom. The van der Waals surface area contributed by atoms with Crippen molar-refractivity contribution in [2.24, 2.45) is 5.92 Å². The van der Waals surface area contributed by atoms with Crippen LogP contribution in [0.15, 0.2) is 24.3 Å². The molecule has 1 aliphatic heterocycles. The predicted molar refractivity (Wildman–Crippen MR) is 78.4 cm³/mol. The number of aromatic amines is 1. The van der Waals surface area contributed by atoms with Crippen LogP contribution in [0.1, 0.15) is 19.0 Å². The number of hydrogen-bond donors (Lipinski definition) is 3. The van der Waals surface area contributed by atoms with Crippen molar-refractivity contribution in [3.8, 4) is 0 Å². The lowest BCUT2D eigenvalue weighted by Crippen LogP contribution is -2.50. The molecule has 0 bridgehead atoms. The third kappa shape index (κ3) is 2.67. The Kier molecular flexibility index (Phi) is 3.69. The van der Waals surface area contributed by atoms with Crippen molar-refractivity contribution >= 4 is 16.8 Å². The van der Waals surface area contributed by atoms with Crippen LogP contribution >= 0.6 is 0 Å². The number of H-pyrrole nitrogens is 1. The quantitative estimate of drug-likeness (QED) is 0.787. The number of rotatable bonds is 3. The normalized spacial score (nSPS) is 22.9. The molecule has 2 atom stereocenters. The average molecular weight is 272 g/mol.